The molecule has 0 aliphatic heterocycles. The first-order chi connectivity index (χ1) is 6.93. The molecule has 1 aromatic rings. The Labute approximate surface area is 87.7 Å². The standard InChI is InChI=1S/C9H11NO4S/c1-2-3-15(13,14)10-7-4-8(11)6-9(12)5-7/h2,4-6,10-12H,1,3H2. The van der Waals surface area contributed by atoms with Gasteiger partial charge in [0.25, 0.3) is 0 Å². The number of hydrogen-bond donors (Lipinski definition) is 3. The Bertz CT molecular complexity index is 447. The summed E-state index contributed by atoms with van der Waals surface area (Å²) in [5.41, 5.74) is 0.106. The van der Waals surface area contributed by atoms with Gasteiger partial charge in [-0.3, -0.25) is 4.72 Å². The number of nitrogens with one attached hydrogen (secondary N) is 1. The van der Waals surface area contributed by atoms with Crippen molar-refractivity contribution in [2.45, 2.75) is 0 Å². The molecule has 0 heterocycles. The number of sulfonamides is 1. The van der Waals surface area contributed by atoms with Crippen LogP contribution in [0.25, 0.3) is 0 Å². The van der Waals surface area contributed by atoms with E-state index in [2.05, 4.69) is 11.3 Å². The van der Waals surface area contributed by atoms with Crippen LogP contribution >= 0.6 is 0 Å². The second kappa shape index (κ2) is 4.22. The summed E-state index contributed by atoms with van der Waals surface area (Å²) in [5, 5.41) is 18.2. The van der Waals surface area contributed by atoms with Crippen molar-refractivity contribution in [1.82, 2.24) is 0 Å². The fourth-order valence-corrected chi connectivity index (χ4v) is 1.90. The fourth-order valence-electron chi connectivity index (χ4n) is 1.03. The maximum absolute atomic E-state index is 11.3. The molecule has 3 N–H and O–H groups in total. The van der Waals surface area contributed by atoms with Gasteiger partial charge in [-0.2, -0.15) is 0 Å². The van der Waals surface area contributed by atoms with Gasteiger partial charge < -0.3 is 10.2 Å². The molecule has 0 radical (unpaired) electrons. The predicted molar refractivity (Wildman–Crippen MR) is 57.4 cm³/mol. The van der Waals surface area contributed by atoms with Gasteiger partial charge >= 0.3 is 0 Å². The maximum Gasteiger partial charge on any atom is 0.236 e. The van der Waals surface area contributed by atoms with Crippen molar-refractivity contribution in [3.05, 3.63) is 30.9 Å². The largest absolute Gasteiger partial charge is 0.508 e. The third-order valence-corrected chi connectivity index (χ3v) is 2.73. The van der Waals surface area contributed by atoms with Crippen LogP contribution in [0.15, 0.2) is 30.9 Å². The molecule has 0 saturated carbocycles. The minimum Gasteiger partial charge on any atom is -0.508 e. The molecule has 0 atom stereocenters. The van der Waals surface area contributed by atoms with Crippen molar-refractivity contribution in [2.75, 3.05) is 10.5 Å². The number of aromatic hydroxyl groups is 2. The third kappa shape index (κ3) is 3.51. The summed E-state index contributed by atoms with van der Waals surface area (Å²) in [7, 11) is -3.51. The molecule has 0 aromatic heterocycles. The summed E-state index contributed by atoms with van der Waals surface area (Å²) in [6, 6.07) is 3.49. The van der Waals surface area contributed by atoms with Gasteiger partial charge in [-0.05, 0) is 0 Å². The average molecular weight is 229 g/mol. The maximum atomic E-state index is 11.3. The zero-order valence-corrected chi connectivity index (χ0v) is 8.66. The van der Waals surface area contributed by atoms with Gasteiger partial charge in [-0.25, -0.2) is 8.42 Å². The van der Waals surface area contributed by atoms with Gasteiger partial charge in [-0.1, -0.05) is 6.08 Å². The van der Waals surface area contributed by atoms with Crippen molar-refractivity contribution < 1.29 is 18.6 Å². The number of hydrogen-bond acceptors (Lipinski definition) is 4. The van der Waals surface area contributed by atoms with Crippen molar-refractivity contribution in [2.24, 2.45) is 0 Å². The number of phenols is 2. The Morgan fingerprint density at radius 2 is 1.80 bits per heavy atom. The van der Waals surface area contributed by atoms with Crippen LogP contribution in [0.4, 0.5) is 5.69 Å². The lowest BCUT2D eigenvalue weighted by Crippen LogP contribution is -2.14. The van der Waals surface area contributed by atoms with E-state index in [1.807, 2.05) is 0 Å². The fraction of sp³-hybridized carbons (Fsp3) is 0.111. The van der Waals surface area contributed by atoms with E-state index < -0.39 is 10.0 Å². The van der Waals surface area contributed by atoms with Gasteiger partial charge in [0.15, 0.2) is 0 Å². The molecule has 0 aliphatic carbocycles. The summed E-state index contributed by atoms with van der Waals surface area (Å²) in [6.45, 7) is 3.30. The second-order valence-electron chi connectivity index (χ2n) is 2.91. The molecule has 0 bridgehead atoms. The van der Waals surface area contributed by atoms with Crippen LogP contribution in [0.2, 0.25) is 0 Å². The molecule has 0 amide bonds. The summed E-state index contributed by atoms with van der Waals surface area (Å²) >= 11 is 0. The smallest absolute Gasteiger partial charge is 0.236 e. The molecule has 82 valence electrons. The van der Waals surface area contributed by atoms with E-state index in [-0.39, 0.29) is 22.9 Å². The first-order valence-electron chi connectivity index (χ1n) is 4.07. The number of rotatable bonds is 4. The van der Waals surface area contributed by atoms with E-state index in [9.17, 15) is 8.42 Å². The molecule has 1 aromatic carbocycles. The first-order valence-corrected chi connectivity index (χ1v) is 5.72. The Morgan fingerprint density at radius 3 is 2.27 bits per heavy atom. The van der Waals surface area contributed by atoms with Crippen LogP contribution in [0, 0.1) is 0 Å². The first kappa shape index (κ1) is 11.4. The van der Waals surface area contributed by atoms with Gasteiger partial charge in [0.05, 0.1) is 11.4 Å². The Balaban J connectivity index is 2.94. The van der Waals surface area contributed by atoms with Crippen molar-refractivity contribution >= 4 is 15.7 Å². The number of benzene rings is 1. The molecule has 0 fully saturated rings. The van der Waals surface area contributed by atoms with E-state index in [4.69, 9.17) is 10.2 Å². The second-order valence-corrected chi connectivity index (χ2v) is 4.68. The quantitative estimate of drug-likeness (QED) is 0.673. The van der Waals surface area contributed by atoms with Crippen LogP contribution in [0.5, 0.6) is 11.5 Å². The van der Waals surface area contributed by atoms with Crippen molar-refractivity contribution in [3.8, 4) is 11.5 Å². The van der Waals surface area contributed by atoms with E-state index in [1.54, 1.807) is 0 Å². The molecule has 0 saturated heterocycles. The van der Waals surface area contributed by atoms with Crippen LogP contribution < -0.4 is 4.72 Å². The molecule has 0 spiro atoms. The number of phenolic OH excluding ortho intramolecular Hbond substituents is 2. The minimum atomic E-state index is -3.51. The SMILES string of the molecule is C=CCS(=O)(=O)Nc1cc(O)cc(O)c1. The molecule has 1 rings (SSSR count). The molecular formula is C9H11NO4S. The van der Waals surface area contributed by atoms with E-state index in [0.29, 0.717) is 0 Å². The van der Waals surface area contributed by atoms with Crippen LogP contribution in [-0.2, 0) is 10.0 Å². The van der Waals surface area contributed by atoms with Crippen LogP contribution in [0.3, 0.4) is 0 Å². The molecule has 6 heteroatoms. The lowest BCUT2D eigenvalue weighted by molar-refractivity contribution is 0.451. The molecule has 5 nitrogen and oxygen atoms in total. The number of anilines is 1. The summed E-state index contributed by atoms with van der Waals surface area (Å²) in [4.78, 5) is 0. The van der Waals surface area contributed by atoms with Gasteiger partial charge in [0.1, 0.15) is 11.5 Å². The van der Waals surface area contributed by atoms with Gasteiger partial charge in [0, 0.05) is 18.2 Å². The van der Waals surface area contributed by atoms with Crippen LogP contribution in [0.1, 0.15) is 0 Å². The molecule has 15 heavy (non-hydrogen) atoms. The molecular weight excluding hydrogens is 218 g/mol. The lowest BCUT2D eigenvalue weighted by atomic mass is 10.3. The lowest BCUT2D eigenvalue weighted by Gasteiger charge is -2.06. The van der Waals surface area contributed by atoms with E-state index >= 15 is 0 Å². The predicted octanol–water partition coefficient (Wildman–Crippen LogP) is 1.03. The molecule has 0 unspecified atom stereocenters. The van der Waals surface area contributed by atoms with E-state index in [0.717, 1.165) is 6.07 Å². The third-order valence-electron chi connectivity index (χ3n) is 1.51. The van der Waals surface area contributed by atoms with Crippen molar-refractivity contribution in [1.29, 1.82) is 0 Å². The highest BCUT2D eigenvalue weighted by Crippen LogP contribution is 2.24. The van der Waals surface area contributed by atoms with Crippen LogP contribution in [-0.4, -0.2) is 24.4 Å². The summed E-state index contributed by atoms with van der Waals surface area (Å²) in [6.07, 6.45) is 1.24. The van der Waals surface area contributed by atoms with Gasteiger partial charge in [-0.15, -0.1) is 6.58 Å². The Kier molecular flexibility index (Phi) is 3.21. The zero-order chi connectivity index (χ0) is 11.5. The zero-order valence-electron chi connectivity index (χ0n) is 7.84. The highest BCUT2D eigenvalue weighted by molar-refractivity contribution is 7.92. The summed E-state index contributed by atoms with van der Waals surface area (Å²) in [5.74, 6) is -0.665. The Morgan fingerprint density at radius 1 is 1.27 bits per heavy atom. The molecule has 0 aliphatic rings. The minimum absolute atomic E-state index is 0.106. The van der Waals surface area contributed by atoms with Gasteiger partial charge in [0.2, 0.25) is 10.0 Å². The average Bonchev–Trinajstić information content (AvgIpc) is 1.99. The Hall–Kier alpha value is -1.69. The highest BCUT2D eigenvalue weighted by atomic mass is 32.2. The van der Waals surface area contributed by atoms with Crippen molar-refractivity contribution in [3.63, 3.8) is 0 Å². The normalized spacial score (nSPS) is 10.9. The highest BCUT2D eigenvalue weighted by Gasteiger charge is 2.08. The summed E-state index contributed by atoms with van der Waals surface area (Å²) < 4.78 is 24.7. The monoisotopic (exact) mass is 229 g/mol. The topological polar surface area (TPSA) is 86.6 Å². The van der Waals surface area contributed by atoms with E-state index in [1.165, 1.54) is 18.2 Å².